The van der Waals surface area contributed by atoms with Crippen LogP contribution in [-0.4, -0.2) is 121 Å². The van der Waals surface area contributed by atoms with Crippen molar-refractivity contribution in [2.45, 2.75) is 60.8 Å². The molecule has 0 atom stereocenters. The quantitative estimate of drug-likeness (QED) is 0.00896. The second kappa shape index (κ2) is 49.9. The largest absolute Gasteiger partial charge is 0.506 e. The van der Waals surface area contributed by atoms with Crippen LogP contribution < -0.4 is 53.4 Å². The fraction of sp³-hybridized carbons (Fsp3) is 0.113. The Morgan fingerprint density at radius 1 is 0.366 bits per heavy atom. The minimum absolute atomic E-state index is 0.0169. The molecule has 0 aliphatic carbocycles. The van der Waals surface area contributed by atoms with Gasteiger partial charge in [0.25, 0.3) is 47.3 Å². The van der Waals surface area contributed by atoms with E-state index in [1.807, 2.05) is 33.3 Å². The van der Waals surface area contributed by atoms with Gasteiger partial charge in [-0.05, 0) is 183 Å². The number of nitrogens with one attached hydrogen (secondary N) is 8. The summed E-state index contributed by atoms with van der Waals surface area (Å²) in [5, 5.41) is 94.1. The summed E-state index contributed by atoms with van der Waals surface area (Å²) in [7, 11) is 3.68. The summed E-state index contributed by atoms with van der Waals surface area (Å²) in [6.45, 7) is 9.69. The third kappa shape index (κ3) is 28.4. The van der Waals surface area contributed by atoms with Crippen molar-refractivity contribution in [2.24, 2.45) is 40.2 Å². The van der Waals surface area contributed by atoms with Gasteiger partial charge >= 0.3 is 0 Å². The van der Waals surface area contributed by atoms with Crippen molar-refractivity contribution >= 4 is 260 Å². The SMILES string of the molecule is C/C(=N\NC(=O)c1ccc(C(=O)NCc2cc(C)n(C)n2)s1)c1csc(-c2ccc(Cl)c(Cl)c2)c1O.C/C(=N\NC(=O)c1ccc(C(=O)NCc2cc[n+](O)cc2)s1)c1csc(-c2ccc(Cl)c(Cl)c2)c1O.C/C(=N\NC(=O)c1ccc(C(=O)NCc2ccc(C(N)=O)cc2)s1)c1csc(-c2ccc(Cl)c(Cl)c2)c1O.C/C(=N\NC(=O)c1ccc(C(=O)NCc2cn(C)cn2)s1)c1csc(-c2ccc(Cl)c(Cl)c2)c1O. The number of aromatic hydroxyl groups is 4. The van der Waals surface area contributed by atoms with Gasteiger partial charge in [-0.3, -0.25) is 53.0 Å². The lowest BCUT2D eigenvalue weighted by atomic mass is 10.1. The number of nitrogens with zero attached hydrogens (tertiary/aromatic N) is 9. The van der Waals surface area contributed by atoms with Gasteiger partial charge in [-0.15, -0.1) is 90.7 Å². The van der Waals surface area contributed by atoms with Crippen LogP contribution in [0.25, 0.3) is 41.8 Å². The molecule has 11 aromatic heterocycles. The van der Waals surface area contributed by atoms with Crippen LogP contribution in [0.15, 0.2) is 231 Å². The predicted molar refractivity (Wildman–Crippen MR) is 576 cm³/mol. The molecule has 0 radical (unpaired) electrons. The molecule has 16 aromatic rings. The molecule has 11 heterocycles. The van der Waals surface area contributed by atoms with Gasteiger partial charge < -0.3 is 52.0 Å². The van der Waals surface area contributed by atoms with Crippen molar-refractivity contribution < 1.29 is 73.5 Å². The van der Waals surface area contributed by atoms with E-state index in [1.54, 1.807) is 216 Å². The van der Waals surface area contributed by atoms with Gasteiger partial charge in [-0.1, -0.05) is 129 Å². The number of pyridine rings is 1. The van der Waals surface area contributed by atoms with E-state index >= 15 is 0 Å². The van der Waals surface area contributed by atoms with Crippen LogP contribution in [0.2, 0.25) is 40.2 Å². The first-order valence-corrected chi connectivity index (χ1v) is 52.0. The third-order valence-corrected chi connectivity index (χ3v) is 32.0. The van der Waals surface area contributed by atoms with E-state index in [4.69, 9.17) is 98.5 Å². The molecule has 0 aliphatic heterocycles. The summed E-state index contributed by atoms with van der Waals surface area (Å²) in [5.41, 5.74) is 26.0. The first-order valence-electron chi connectivity index (χ1n) is 42.2. The molecule has 0 spiro atoms. The third-order valence-electron chi connectivity index (χ3n) is 20.7. The number of thiophene rings is 8. The second-order valence-corrected chi connectivity index (χ2v) is 42.0. The molecule has 32 nitrogen and oxygen atoms in total. The van der Waals surface area contributed by atoms with Crippen molar-refractivity contribution in [2.75, 3.05) is 0 Å². The summed E-state index contributed by atoms with van der Waals surface area (Å²) < 4.78 is 4.44. The highest BCUT2D eigenvalue weighted by atomic mass is 35.5. The molecule has 145 heavy (non-hydrogen) atoms. The van der Waals surface area contributed by atoms with Crippen LogP contribution in [0.4, 0.5) is 0 Å². The van der Waals surface area contributed by atoms with Gasteiger partial charge in [0.1, 0.15) is 23.0 Å². The number of benzene rings is 5. The highest BCUT2D eigenvalue weighted by Gasteiger charge is 2.26. The standard InChI is InChI=1S/C26H20Cl2N4O4S2.C24H21Cl2N5O3S2.C24H18Cl2N4O4S2.C23H19Cl2N5O3S2/c1-13(17-12-37-23(22(17)33)16-6-7-18(27)19(28)10-16)31-32-26(36)21-9-8-20(38-21)25(35)30-11-14-2-4-15(5-3-14)24(29)34;1-12-8-15(30-31(12)3)10-27-23(33)19-6-7-20(36-19)24(34)29-28-13(2)16-11-35-22(21(16)32)14-4-5-17(25)18(26)9-14;1-13(16-12-35-22(21(16)31)15-2-3-17(25)18(26)10-15)28-29-24(33)20-5-4-19(36-20)23(32)27-11-14-6-8-30(34)9-7-14;1-12(15-10-34-21(20(15)31)13-3-4-16(24)17(25)7-13)28-29-23(33)19-6-5-18(35-19)22(32)26-8-14-9-30(2)11-27-14/h2-10,12,33H,11H2,1H3,(H2,29,34)(H,30,35)(H,32,36);4-9,11,32H,10H2,1-3H3,(H,27,33)(H,29,34);2-10,12H,11H2,1H3,(H3-,27,29,31,32,33,34);3-7,9-11,31H,8H2,1-2H3,(H,26,32)(H,29,33)/p+1/b31-13+;2*28-13+;28-12+. The molecule has 0 aliphatic rings. The first-order chi connectivity index (χ1) is 69.2. The van der Waals surface area contributed by atoms with Crippen LogP contribution in [0.1, 0.15) is 166 Å². The molecule has 48 heteroatoms. The Hall–Kier alpha value is -13.5. The van der Waals surface area contributed by atoms with Crippen molar-refractivity contribution in [1.29, 1.82) is 0 Å². The monoisotopic (exact) mass is 2260 g/mol. The van der Waals surface area contributed by atoms with Crippen LogP contribution in [-0.2, 0) is 40.3 Å². The summed E-state index contributed by atoms with van der Waals surface area (Å²) in [4.78, 5) is 121. The molecule has 0 bridgehead atoms. The van der Waals surface area contributed by atoms with E-state index in [0.29, 0.717) is 160 Å². The molecule has 15 N–H and O–H groups in total. The Morgan fingerprint density at radius 2 is 0.641 bits per heavy atom. The number of nitrogens with two attached hydrogens (primary N) is 1. The number of hydrazone groups is 4. The van der Waals surface area contributed by atoms with Crippen LogP contribution in [0.3, 0.4) is 0 Å². The topological polar surface area (TPSA) is 466 Å². The second-order valence-electron chi connectivity index (χ2n) is 30.8. The molecular formula is C97H79Cl8N18O14S8+. The lowest BCUT2D eigenvalue weighted by Gasteiger charge is -2.05. The number of hydrogen-bond acceptors (Lipinski definition) is 28. The first kappa shape index (κ1) is 109. The molecule has 9 amide bonds. The zero-order valence-electron chi connectivity index (χ0n) is 76.3. The highest BCUT2D eigenvalue weighted by Crippen LogP contribution is 2.46. The number of hydrogen-bond donors (Lipinski definition) is 14. The van der Waals surface area contributed by atoms with Crippen LogP contribution in [0.5, 0.6) is 23.0 Å². The van der Waals surface area contributed by atoms with Gasteiger partial charge in [0.2, 0.25) is 18.3 Å². The van der Waals surface area contributed by atoms with E-state index < -0.39 is 29.5 Å². The molecule has 0 unspecified atom stereocenters. The normalized spacial score (nSPS) is 11.4. The number of aryl methyl sites for hydroxylation is 3. The Morgan fingerprint density at radius 3 is 0.903 bits per heavy atom. The number of carbonyl (C=O) groups excluding carboxylic acids is 9. The fourth-order valence-electron chi connectivity index (χ4n) is 12.8. The molecule has 0 saturated heterocycles. The van der Waals surface area contributed by atoms with E-state index in [0.717, 1.165) is 89.4 Å². The number of rotatable bonds is 29. The number of aromatic nitrogens is 5. The van der Waals surface area contributed by atoms with Gasteiger partial charge in [0.15, 0.2) is 0 Å². The summed E-state index contributed by atoms with van der Waals surface area (Å²) in [6, 6.07) is 44.6. The van der Waals surface area contributed by atoms with Gasteiger partial charge in [0, 0.05) is 83.0 Å². The van der Waals surface area contributed by atoms with Crippen molar-refractivity contribution in [3.8, 4) is 64.8 Å². The summed E-state index contributed by atoms with van der Waals surface area (Å²) in [6.07, 6.45) is 6.39. The summed E-state index contributed by atoms with van der Waals surface area (Å²) in [5.74, 6) is -3.55. The minimum atomic E-state index is -0.523. The Balaban J connectivity index is 0.000000162. The fourth-order valence-corrected chi connectivity index (χ4v) is 21.3. The van der Waals surface area contributed by atoms with E-state index in [1.165, 1.54) is 63.8 Å². The van der Waals surface area contributed by atoms with E-state index in [2.05, 4.69) is 73.5 Å². The maximum absolute atomic E-state index is 12.6. The van der Waals surface area contributed by atoms with Gasteiger partial charge in [-0.25, -0.2) is 26.7 Å². The number of amides is 9. The average Bonchev–Trinajstić information content (AvgIpc) is 1.67. The van der Waals surface area contributed by atoms with E-state index in [9.17, 15) is 68.8 Å². The number of carbonyl (C=O) groups is 9. The van der Waals surface area contributed by atoms with E-state index in [-0.39, 0.29) is 72.8 Å². The zero-order valence-corrected chi connectivity index (χ0v) is 88.9. The average molecular weight is 2260 g/mol. The summed E-state index contributed by atoms with van der Waals surface area (Å²) >= 11 is 57.7. The van der Waals surface area contributed by atoms with Crippen molar-refractivity contribution in [1.82, 2.24) is 62.3 Å². The van der Waals surface area contributed by atoms with Crippen LogP contribution in [0, 0.1) is 6.92 Å². The van der Waals surface area contributed by atoms with Crippen molar-refractivity contribution in [3.05, 3.63) is 345 Å². The number of imidazole rings is 1. The predicted octanol–water partition coefficient (Wildman–Crippen LogP) is 21.7. The van der Waals surface area contributed by atoms with Gasteiger partial charge in [-0.2, -0.15) is 25.5 Å². The van der Waals surface area contributed by atoms with Crippen LogP contribution >= 0.6 is 184 Å². The Bertz CT molecular complexity index is 7720. The maximum atomic E-state index is 12.6. The zero-order chi connectivity index (χ0) is 104. The molecule has 0 saturated carbocycles. The number of halogens is 8. The molecule has 16 rings (SSSR count). The Labute approximate surface area is 898 Å². The Kier molecular flexibility index (Phi) is 37.4. The van der Waals surface area contributed by atoms with Crippen molar-refractivity contribution in [3.63, 3.8) is 0 Å². The number of primary amides is 1. The lowest BCUT2D eigenvalue weighted by Crippen LogP contribution is -2.29. The minimum Gasteiger partial charge on any atom is -0.506 e. The molecule has 5 aromatic carbocycles. The smallest absolute Gasteiger partial charge is 0.281 e. The highest BCUT2D eigenvalue weighted by molar-refractivity contribution is 7.18. The lowest BCUT2D eigenvalue weighted by molar-refractivity contribution is -0.904. The molecule has 0 fully saturated rings. The maximum Gasteiger partial charge on any atom is 0.281 e. The van der Waals surface area contributed by atoms with Gasteiger partial charge in [0.05, 0.1) is 175 Å². The molecule has 744 valence electrons. The molecular weight excluding hydrogens is 2180 g/mol.